The number of Topliss-reactive ketones (excluding diaryl/α,β-unsaturated/α-hetero) is 1. The Morgan fingerprint density at radius 3 is 2.17 bits per heavy atom. The highest BCUT2D eigenvalue weighted by Gasteiger charge is 2.21. The third-order valence-corrected chi connectivity index (χ3v) is 4.41. The second-order valence-corrected chi connectivity index (χ2v) is 6.78. The number of hydrogen-bond donors (Lipinski definition) is 4. The van der Waals surface area contributed by atoms with Crippen LogP contribution >= 0.6 is 7.60 Å². The Morgan fingerprint density at radius 2 is 1.62 bits per heavy atom. The van der Waals surface area contributed by atoms with Crippen LogP contribution in [0.5, 0.6) is 5.75 Å². The summed E-state index contributed by atoms with van der Waals surface area (Å²) in [6.07, 6.45) is 0.308. The molecule has 0 amide bonds. The minimum atomic E-state index is -4.52. The number of aromatic carboxylic acids is 1. The molecule has 0 spiro atoms. The highest BCUT2D eigenvalue weighted by Crippen LogP contribution is 2.34. The number of aryl methyl sites for hydroxylation is 1. The van der Waals surface area contributed by atoms with Crippen molar-refractivity contribution in [1.29, 1.82) is 0 Å². The van der Waals surface area contributed by atoms with Gasteiger partial charge in [-0.25, -0.2) is 4.79 Å². The molecule has 2 aromatic carbocycles. The number of carbonyl (C=O) groups is 2. The first-order valence-corrected chi connectivity index (χ1v) is 8.54. The number of rotatable bonds is 6. The molecule has 126 valence electrons. The number of carbonyl (C=O) groups excluding carboxylic acids is 1. The summed E-state index contributed by atoms with van der Waals surface area (Å²) in [6.45, 7) is 0. The molecule has 7 nitrogen and oxygen atoms in total. The van der Waals surface area contributed by atoms with Crippen LogP contribution in [0.25, 0.3) is 0 Å². The molecule has 0 aliphatic carbocycles. The molecule has 0 aliphatic heterocycles. The van der Waals surface area contributed by atoms with Gasteiger partial charge in [-0.05, 0) is 42.3 Å². The van der Waals surface area contributed by atoms with E-state index < -0.39 is 19.3 Å². The minimum Gasteiger partial charge on any atom is -0.507 e. The van der Waals surface area contributed by atoms with Crippen molar-refractivity contribution in [3.63, 3.8) is 0 Å². The molecule has 0 aliphatic rings. The number of benzene rings is 2. The van der Waals surface area contributed by atoms with Gasteiger partial charge in [0.2, 0.25) is 0 Å². The lowest BCUT2D eigenvalue weighted by atomic mass is 10.0. The summed E-state index contributed by atoms with van der Waals surface area (Å²) >= 11 is 0. The lowest BCUT2D eigenvalue weighted by Crippen LogP contribution is -2.09. The van der Waals surface area contributed by atoms with Crippen molar-refractivity contribution in [2.24, 2.45) is 0 Å². The third kappa shape index (κ3) is 4.29. The molecule has 8 heteroatoms. The van der Waals surface area contributed by atoms with Crippen molar-refractivity contribution in [3.8, 4) is 5.75 Å². The third-order valence-electron chi connectivity index (χ3n) is 3.46. The molecule has 0 aromatic heterocycles. The van der Waals surface area contributed by atoms with Gasteiger partial charge in [0.25, 0.3) is 0 Å². The van der Waals surface area contributed by atoms with E-state index in [0.717, 1.165) is 23.8 Å². The Kier molecular flexibility index (Phi) is 5.19. The fourth-order valence-corrected chi connectivity index (χ4v) is 2.70. The molecule has 0 unspecified atom stereocenters. The van der Waals surface area contributed by atoms with Gasteiger partial charge in [0, 0.05) is 6.42 Å². The van der Waals surface area contributed by atoms with Crippen LogP contribution < -0.4 is 5.30 Å². The van der Waals surface area contributed by atoms with Crippen molar-refractivity contribution in [3.05, 3.63) is 59.2 Å². The van der Waals surface area contributed by atoms with E-state index in [0.29, 0.717) is 6.42 Å². The molecule has 2 aromatic rings. The minimum absolute atomic E-state index is 0.00455. The van der Waals surface area contributed by atoms with Gasteiger partial charge in [-0.3, -0.25) is 9.36 Å². The van der Waals surface area contributed by atoms with Gasteiger partial charge in [-0.1, -0.05) is 12.1 Å². The first kappa shape index (κ1) is 17.9. The van der Waals surface area contributed by atoms with Crippen molar-refractivity contribution in [1.82, 2.24) is 0 Å². The monoisotopic (exact) mass is 350 g/mol. The second kappa shape index (κ2) is 6.97. The number of phenolic OH excluding ortho intramolecular Hbond substituents is 1. The molecule has 0 heterocycles. The maximum atomic E-state index is 12.2. The average molecular weight is 350 g/mol. The van der Waals surface area contributed by atoms with Crippen molar-refractivity contribution >= 4 is 24.7 Å². The van der Waals surface area contributed by atoms with E-state index in [1.54, 1.807) is 12.1 Å². The predicted octanol–water partition coefficient (Wildman–Crippen LogP) is 1.71. The molecule has 4 N–H and O–H groups in total. The maximum absolute atomic E-state index is 12.2. The average Bonchev–Trinajstić information content (AvgIpc) is 2.52. The zero-order valence-electron chi connectivity index (χ0n) is 12.4. The van der Waals surface area contributed by atoms with Crippen LogP contribution in [0.2, 0.25) is 0 Å². The smallest absolute Gasteiger partial charge is 0.356 e. The SMILES string of the molecule is O=C(O)c1ccc(CCC(=O)c2cc(P(=O)(O)O)ccc2O)cc1. The predicted molar refractivity (Wildman–Crippen MR) is 85.8 cm³/mol. The van der Waals surface area contributed by atoms with Gasteiger partial charge < -0.3 is 20.0 Å². The summed E-state index contributed by atoms with van der Waals surface area (Å²) in [4.78, 5) is 41.2. The topological polar surface area (TPSA) is 132 Å². The molecule has 0 saturated carbocycles. The molecule has 0 bridgehead atoms. The molecule has 0 fully saturated rings. The number of hydrogen-bond acceptors (Lipinski definition) is 4. The highest BCUT2D eigenvalue weighted by molar-refractivity contribution is 7.60. The van der Waals surface area contributed by atoms with E-state index in [2.05, 4.69) is 0 Å². The van der Waals surface area contributed by atoms with Crippen LogP contribution in [-0.4, -0.2) is 31.8 Å². The lowest BCUT2D eigenvalue weighted by molar-refractivity contribution is 0.0696. The van der Waals surface area contributed by atoms with Gasteiger partial charge >= 0.3 is 13.6 Å². The van der Waals surface area contributed by atoms with E-state index >= 15 is 0 Å². The Balaban J connectivity index is 2.12. The summed E-state index contributed by atoms with van der Waals surface area (Å²) in [5.74, 6) is -1.86. The van der Waals surface area contributed by atoms with E-state index in [1.807, 2.05) is 0 Å². The highest BCUT2D eigenvalue weighted by atomic mass is 31.2. The largest absolute Gasteiger partial charge is 0.507 e. The molecular weight excluding hydrogens is 335 g/mol. The van der Waals surface area contributed by atoms with Gasteiger partial charge in [-0.15, -0.1) is 0 Å². The summed E-state index contributed by atoms with van der Waals surface area (Å²) in [7, 11) is -4.52. The van der Waals surface area contributed by atoms with E-state index in [9.17, 15) is 19.3 Å². The normalized spacial score (nSPS) is 11.2. The van der Waals surface area contributed by atoms with E-state index in [-0.39, 0.29) is 28.6 Å². The van der Waals surface area contributed by atoms with Crippen molar-refractivity contribution in [2.45, 2.75) is 12.8 Å². The number of carboxylic acids is 1. The Bertz CT molecular complexity index is 821. The Labute approximate surface area is 137 Å². The van der Waals surface area contributed by atoms with Gasteiger partial charge in [0.05, 0.1) is 16.4 Å². The number of ketones is 1. The fraction of sp³-hybridized carbons (Fsp3) is 0.125. The fourth-order valence-electron chi connectivity index (χ4n) is 2.14. The first-order valence-electron chi connectivity index (χ1n) is 6.93. The Morgan fingerprint density at radius 1 is 1.00 bits per heavy atom. The number of carboxylic acid groups (broad SMARTS) is 1. The number of phenols is 1. The molecule has 0 saturated heterocycles. The van der Waals surface area contributed by atoms with Crippen LogP contribution in [0.15, 0.2) is 42.5 Å². The number of aromatic hydroxyl groups is 1. The molecule has 0 atom stereocenters. The maximum Gasteiger partial charge on any atom is 0.356 e. The summed E-state index contributed by atoms with van der Waals surface area (Å²) in [6, 6.07) is 9.15. The molecule has 2 rings (SSSR count). The first-order chi connectivity index (χ1) is 11.2. The summed E-state index contributed by atoms with van der Waals surface area (Å²) in [5, 5.41) is 18.2. The van der Waals surface area contributed by atoms with Crippen LogP contribution in [0.3, 0.4) is 0 Å². The van der Waals surface area contributed by atoms with Crippen molar-refractivity contribution in [2.75, 3.05) is 0 Å². The molecule has 0 radical (unpaired) electrons. The molecular formula is C16H15O7P. The summed E-state index contributed by atoms with van der Waals surface area (Å²) < 4.78 is 11.2. The zero-order chi connectivity index (χ0) is 17.9. The Hall–Kier alpha value is -2.47. The quantitative estimate of drug-likeness (QED) is 0.460. The second-order valence-electron chi connectivity index (χ2n) is 5.17. The summed E-state index contributed by atoms with van der Waals surface area (Å²) in [5.41, 5.74) is 0.717. The van der Waals surface area contributed by atoms with Gasteiger partial charge in [0.15, 0.2) is 5.78 Å². The van der Waals surface area contributed by atoms with Crippen LogP contribution in [-0.2, 0) is 11.0 Å². The van der Waals surface area contributed by atoms with Gasteiger partial charge in [-0.2, -0.15) is 0 Å². The van der Waals surface area contributed by atoms with Crippen LogP contribution in [0.4, 0.5) is 0 Å². The van der Waals surface area contributed by atoms with Crippen LogP contribution in [0.1, 0.15) is 32.7 Å². The zero-order valence-corrected chi connectivity index (χ0v) is 13.3. The van der Waals surface area contributed by atoms with Gasteiger partial charge in [0.1, 0.15) is 5.75 Å². The van der Waals surface area contributed by atoms with Crippen molar-refractivity contribution < 1.29 is 34.2 Å². The van der Waals surface area contributed by atoms with Crippen LogP contribution in [0, 0.1) is 0 Å². The van der Waals surface area contributed by atoms with E-state index in [1.165, 1.54) is 12.1 Å². The standard InChI is InChI=1S/C16H15O7P/c17-14(7-3-10-1-4-11(5-2-10)16(19)20)13-9-12(24(21,22)23)6-8-15(13)18/h1-2,4-6,8-9,18H,3,7H2,(H,19,20)(H2,21,22,23). The lowest BCUT2D eigenvalue weighted by Gasteiger charge is -2.08. The van der Waals surface area contributed by atoms with E-state index in [4.69, 9.17) is 14.9 Å². The molecule has 24 heavy (non-hydrogen) atoms.